The molecule has 2 heterocycles. The summed E-state index contributed by atoms with van der Waals surface area (Å²) in [6.07, 6.45) is 1.40. The number of rotatable bonds is 7. The lowest BCUT2D eigenvalue weighted by Gasteiger charge is -2.21. The van der Waals surface area contributed by atoms with Crippen molar-refractivity contribution in [2.75, 3.05) is 23.0 Å². The number of anilines is 2. The van der Waals surface area contributed by atoms with Gasteiger partial charge in [0.2, 0.25) is 5.91 Å². The molecule has 2 amide bonds. The standard InChI is InChI=1S/C25H25N3O4S/c1-3-32-24(31)22-17(2)26-25(33-22)28(16-18-8-5-4-6-9-18)23(30)19-11-13-20(14-12-19)27-15-7-10-21(27)29/h4-6,8-9,11-14H,3,7,10,15-16H2,1-2H3. The highest BCUT2D eigenvalue weighted by molar-refractivity contribution is 7.17. The highest BCUT2D eigenvalue weighted by Gasteiger charge is 2.26. The van der Waals surface area contributed by atoms with Crippen LogP contribution in [0.5, 0.6) is 0 Å². The number of esters is 1. The fourth-order valence-corrected chi connectivity index (χ4v) is 4.70. The summed E-state index contributed by atoms with van der Waals surface area (Å²) in [5.41, 5.74) is 2.74. The van der Waals surface area contributed by atoms with Crippen molar-refractivity contribution in [1.82, 2.24) is 4.98 Å². The molecule has 4 rings (SSSR count). The number of ether oxygens (including phenoxy) is 1. The topological polar surface area (TPSA) is 79.8 Å². The number of amides is 2. The smallest absolute Gasteiger partial charge is 0.350 e. The first kappa shape index (κ1) is 22.7. The minimum absolute atomic E-state index is 0.101. The number of carbonyl (C=O) groups excluding carboxylic acids is 3. The Morgan fingerprint density at radius 1 is 1.12 bits per heavy atom. The van der Waals surface area contributed by atoms with E-state index in [4.69, 9.17) is 4.74 Å². The van der Waals surface area contributed by atoms with Crippen LogP contribution in [0.4, 0.5) is 10.8 Å². The van der Waals surface area contributed by atoms with E-state index in [1.165, 1.54) is 0 Å². The average Bonchev–Trinajstić information content (AvgIpc) is 3.43. The fourth-order valence-electron chi connectivity index (χ4n) is 3.74. The summed E-state index contributed by atoms with van der Waals surface area (Å²) in [5, 5.41) is 0.434. The second-order valence-electron chi connectivity index (χ2n) is 7.70. The number of nitrogens with zero attached hydrogens (tertiary/aromatic N) is 3. The zero-order chi connectivity index (χ0) is 23.4. The molecule has 2 aromatic carbocycles. The molecule has 0 N–H and O–H groups in total. The molecule has 1 aliphatic heterocycles. The zero-order valence-electron chi connectivity index (χ0n) is 18.6. The molecular weight excluding hydrogens is 438 g/mol. The fraction of sp³-hybridized carbons (Fsp3) is 0.280. The Labute approximate surface area is 196 Å². The van der Waals surface area contributed by atoms with E-state index in [0.29, 0.717) is 40.8 Å². The highest BCUT2D eigenvalue weighted by Crippen LogP contribution is 2.30. The van der Waals surface area contributed by atoms with Gasteiger partial charge in [-0.3, -0.25) is 14.5 Å². The van der Waals surface area contributed by atoms with E-state index in [-0.39, 0.29) is 18.4 Å². The average molecular weight is 464 g/mol. The summed E-state index contributed by atoms with van der Waals surface area (Å²) in [5.74, 6) is -0.572. The van der Waals surface area contributed by atoms with Gasteiger partial charge in [0.25, 0.3) is 5.91 Å². The third-order valence-corrected chi connectivity index (χ3v) is 6.57. The van der Waals surface area contributed by atoms with Crippen LogP contribution in [0, 0.1) is 6.92 Å². The molecule has 0 radical (unpaired) electrons. The molecule has 0 unspecified atom stereocenters. The van der Waals surface area contributed by atoms with E-state index in [2.05, 4.69) is 4.98 Å². The van der Waals surface area contributed by atoms with Gasteiger partial charge >= 0.3 is 5.97 Å². The SMILES string of the molecule is CCOC(=O)c1sc(N(Cc2ccccc2)C(=O)c2ccc(N3CCCC3=O)cc2)nc1C. The molecule has 0 atom stereocenters. The lowest BCUT2D eigenvalue weighted by Crippen LogP contribution is -2.30. The van der Waals surface area contributed by atoms with Crippen LogP contribution in [0.2, 0.25) is 0 Å². The third kappa shape index (κ3) is 4.96. The summed E-state index contributed by atoms with van der Waals surface area (Å²) in [6.45, 7) is 4.76. The molecule has 3 aromatic rings. The second-order valence-corrected chi connectivity index (χ2v) is 8.68. The first-order chi connectivity index (χ1) is 16.0. The second kappa shape index (κ2) is 9.95. The van der Waals surface area contributed by atoms with Crippen LogP contribution >= 0.6 is 11.3 Å². The normalized spacial score (nSPS) is 13.3. The van der Waals surface area contributed by atoms with Gasteiger partial charge in [-0.2, -0.15) is 0 Å². The molecule has 0 saturated carbocycles. The van der Waals surface area contributed by atoms with Gasteiger partial charge < -0.3 is 9.64 Å². The molecule has 8 heteroatoms. The lowest BCUT2D eigenvalue weighted by molar-refractivity contribution is -0.117. The predicted molar refractivity (Wildman–Crippen MR) is 128 cm³/mol. The molecule has 1 fully saturated rings. The van der Waals surface area contributed by atoms with E-state index >= 15 is 0 Å². The molecule has 0 aliphatic carbocycles. The molecule has 1 aliphatic rings. The highest BCUT2D eigenvalue weighted by atomic mass is 32.1. The predicted octanol–water partition coefficient (Wildman–Crippen LogP) is 4.60. The maximum Gasteiger partial charge on any atom is 0.350 e. The van der Waals surface area contributed by atoms with Crippen LogP contribution in [-0.4, -0.2) is 35.9 Å². The van der Waals surface area contributed by atoms with Crippen LogP contribution in [0.25, 0.3) is 0 Å². The molecule has 0 bridgehead atoms. The number of hydrogen-bond donors (Lipinski definition) is 0. The number of hydrogen-bond acceptors (Lipinski definition) is 6. The number of benzene rings is 2. The summed E-state index contributed by atoms with van der Waals surface area (Å²) >= 11 is 1.15. The largest absolute Gasteiger partial charge is 0.462 e. The molecule has 1 aromatic heterocycles. The molecule has 33 heavy (non-hydrogen) atoms. The lowest BCUT2D eigenvalue weighted by atomic mass is 10.1. The number of thiazole rings is 1. The monoisotopic (exact) mass is 463 g/mol. The van der Waals surface area contributed by atoms with Crippen molar-refractivity contribution in [3.05, 3.63) is 76.3 Å². The molecule has 0 spiro atoms. The van der Waals surface area contributed by atoms with Crippen LogP contribution in [0.15, 0.2) is 54.6 Å². The van der Waals surface area contributed by atoms with Gasteiger partial charge in [0.05, 0.1) is 18.8 Å². The summed E-state index contributed by atoms with van der Waals surface area (Å²) in [7, 11) is 0. The zero-order valence-corrected chi connectivity index (χ0v) is 19.4. The van der Waals surface area contributed by atoms with Crippen LogP contribution in [-0.2, 0) is 16.1 Å². The Morgan fingerprint density at radius 3 is 2.48 bits per heavy atom. The van der Waals surface area contributed by atoms with Crippen molar-refractivity contribution in [1.29, 1.82) is 0 Å². The van der Waals surface area contributed by atoms with E-state index < -0.39 is 5.97 Å². The Bertz CT molecular complexity index is 1160. The maximum absolute atomic E-state index is 13.6. The summed E-state index contributed by atoms with van der Waals surface area (Å²) < 4.78 is 5.13. The van der Waals surface area contributed by atoms with Crippen molar-refractivity contribution in [2.24, 2.45) is 0 Å². The Kier molecular flexibility index (Phi) is 6.84. The van der Waals surface area contributed by atoms with E-state index in [1.807, 2.05) is 30.3 Å². The van der Waals surface area contributed by atoms with Crippen molar-refractivity contribution < 1.29 is 19.1 Å². The molecular formula is C25H25N3O4S. The summed E-state index contributed by atoms with van der Waals surface area (Å²) in [4.78, 5) is 46.1. The van der Waals surface area contributed by atoms with Gasteiger partial charge in [-0.25, -0.2) is 9.78 Å². The van der Waals surface area contributed by atoms with Crippen LogP contribution < -0.4 is 9.80 Å². The van der Waals surface area contributed by atoms with Gasteiger partial charge in [-0.1, -0.05) is 41.7 Å². The van der Waals surface area contributed by atoms with Crippen molar-refractivity contribution >= 4 is 39.9 Å². The van der Waals surface area contributed by atoms with Gasteiger partial charge in [0.15, 0.2) is 5.13 Å². The first-order valence-corrected chi connectivity index (χ1v) is 11.7. The molecule has 170 valence electrons. The van der Waals surface area contributed by atoms with Gasteiger partial charge in [-0.15, -0.1) is 0 Å². The van der Waals surface area contributed by atoms with Crippen LogP contribution in [0.1, 0.15) is 51.1 Å². The van der Waals surface area contributed by atoms with E-state index in [0.717, 1.165) is 29.0 Å². The summed E-state index contributed by atoms with van der Waals surface area (Å²) in [6, 6.07) is 16.7. The quantitative estimate of drug-likeness (QED) is 0.479. The van der Waals surface area contributed by atoms with Gasteiger partial charge in [0, 0.05) is 24.2 Å². The maximum atomic E-state index is 13.6. The van der Waals surface area contributed by atoms with Crippen molar-refractivity contribution in [2.45, 2.75) is 33.2 Å². The van der Waals surface area contributed by atoms with E-state index in [9.17, 15) is 14.4 Å². The van der Waals surface area contributed by atoms with Crippen molar-refractivity contribution in [3.63, 3.8) is 0 Å². The number of carbonyl (C=O) groups is 3. The minimum Gasteiger partial charge on any atom is -0.462 e. The van der Waals surface area contributed by atoms with E-state index in [1.54, 1.807) is 47.9 Å². The number of aryl methyl sites for hydroxylation is 1. The minimum atomic E-state index is -0.439. The first-order valence-electron chi connectivity index (χ1n) is 10.9. The Balaban J connectivity index is 1.65. The Morgan fingerprint density at radius 2 is 1.85 bits per heavy atom. The van der Waals surface area contributed by atoms with Gasteiger partial charge in [0.1, 0.15) is 4.88 Å². The third-order valence-electron chi connectivity index (χ3n) is 5.41. The van der Waals surface area contributed by atoms with Crippen LogP contribution in [0.3, 0.4) is 0 Å². The molecule has 1 saturated heterocycles. The number of aromatic nitrogens is 1. The van der Waals surface area contributed by atoms with Gasteiger partial charge in [-0.05, 0) is 50.1 Å². The molecule has 7 nitrogen and oxygen atoms in total. The van der Waals surface area contributed by atoms with Crippen molar-refractivity contribution in [3.8, 4) is 0 Å². The Hall–Kier alpha value is -3.52.